The number of aromatic nitrogens is 2. The van der Waals surface area contributed by atoms with E-state index < -0.39 is 0 Å². The summed E-state index contributed by atoms with van der Waals surface area (Å²) >= 11 is 0. The van der Waals surface area contributed by atoms with Gasteiger partial charge in [-0.1, -0.05) is 12.1 Å². The third kappa shape index (κ3) is 3.15. The molecular formula is C18H22N6O. The highest BCUT2D eigenvalue weighted by Gasteiger charge is 2.29. The van der Waals surface area contributed by atoms with Crippen molar-refractivity contribution in [2.75, 3.05) is 23.3 Å². The number of aryl methyl sites for hydroxylation is 1. The van der Waals surface area contributed by atoms with Crippen LogP contribution in [-0.4, -0.2) is 35.0 Å². The van der Waals surface area contributed by atoms with Crippen LogP contribution in [0.2, 0.25) is 0 Å². The molecule has 2 aliphatic rings. The lowest BCUT2D eigenvalue weighted by Crippen LogP contribution is -2.43. The Morgan fingerprint density at radius 2 is 2.24 bits per heavy atom. The SMILES string of the molecule is Cc1cccc(Nc2nc(N3CCC[C@H](N)C3)nc3c2C(=O)NC3)c1. The molecule has 7 heteroatoms. The van der Waals surface area contributed by atoms with E-state index in [0.29, 0.717) is 23.9 Å². The van der Waals surface area contributed by atoms with Gasteiger partial charge in [-0.05, 0) is 37.5 Å². The van der Waals surface area contributed by atoms with Crippen LogP contribution in [0.5, 0.6) is 0 Å². The van der Waals surface area contributed by atoms with E-state index in [1.165, 1.54) is 0 Å². The van der Waals surface area contributed by atoms with Crippen LogP contribution in [0.4, 0.5) is 17.5 Å². The van der Waals surface area contributed by atoms with Crippen molar-refractivity contribution in [3.63, 3.8) is 0 Å². The van der Waals surface area contributed by atoms with Gasteiger partial charge in [0.1, 0.15) is 11.4 Å². The van der Waals surface area contributed by atoms with Crippen molar-refractivity contribution in [1.82, 2.24) is 15.3 Å². The van der Waals surface area contributed by atoms with Gasteiger partial charge in [0.15, 0.2) is 0 Å². The third-order valence-electron chi connectivity index (χ3n) is 4.64. The van der Waals surface area contributed by atoms with Crippen LogP contribution in [0.1, 0.15) is 34.5 Å². The number of carbonyl (C=O) groups is 1. The van der Waals surface area contributed by atoms with Gasteiger partial charge >= 0.3 is 0 Å². The zero-order valence-electron chi connectivity index (χ0n) is 14.2. The average molecular weight is 338 g/mol. The van der Waals surface area contributed by atoms with Gasteiger partial charge in [0.05, 0.1) is 12.2 Å². The molecule has 1 atom stereocenters. The number of fused-ring (bicyclic) bond motifs is 1. The molecule has 0 radical (unpaired) electrons. The van der Waals surface area contributed by atoms with Crippen molar-refractivity contribution in [3.8, 4) is 0 Å². The highest BCUT2D eigenvalue weighted by molar-refractivity contribution is 6.02. The van der Waals surface area contributed by atoms with E-state index in [1.54, 1.807) is 0 Å². The Morgan fingerprint density at radius 1 is 1.36 bits per heavy atom. The number of anilines is 3. The Morgan fingerprint density at radius 3 is 3.04 bits per heavy atom. The summed E-state index contributed by atoms with van der Waals surface area (Å²) in [5.74, 6) is 1.06. The van der Waals surface area contributed by atoms with Crippen LogP contribution in [0.3, 0.4) is 0 Å². The second kappa shape index (κ2) is 6.33. The number of hydrogen-bond donors (Lipinski definition) is 3. The molecule has 1 amide bonds. The molecule has 0 unspecified atom stereocenters. The summed E-state index contributed by atoms with van der Waals surface area (Å²) in [4.78, 5) is 23.6. The van der Waals surface area contributed by atoms with Crippen molar-refractivity contribution in [2.24, 2.45) is 5.73 Å². The predicted molar refractivity (Wildman–Crippen MR) is 97.1 cm³/mol. The zero-order valence-corrected chi connectivity index (χ0v) is 14.2. The third-order valence-corrected chi connectivity index (χ3v) is 4.64. The molecule has 2 aromatic rings. The van der Waals surface area contributed by atoms with Crippen LogP contribution >= 0.6 is 0 Å². The molecule has 4 rings (SSSR count). The first-order valence-corrected chi connectivity index (χ1v) is 8.63. The van der Waals surface area contributed by atoms with Gasteiger partial charge in [-0.3, -0.25) is 4.79 Å². The van der Waals surface area contributed by atoms with Crippen molar-refractivity contribution in [3.05, 3.63) is 41.1 Å². The van der Waals surface area contributed by atoms with E-state index in [4.69, 9.17) is 5.73 Å². The van der Waals surface area contributed by atoms with E-state index >= 15 is 0 Å². The second-order valence-corrected chi connectivity index (χ2v) is 6.72. The lowest BCUT2D eigenvalue weighted by molar-refractivity contribution is 0.0966. The van der Waals surface area contributed by atoms with Crippen LogP contribution in [0.15, 0.2) is 24.3 Å². The first-order chi connectivity index (χ1) is 12.1. The minimum Gasteiger partial charge on any atom is -0.346 e. The van der Waals surface area contributed by atoms with Crippen LogP contribution in [0.25, 0.3) is 0 Å². The molecule has 1 fully saturated rings. The Labute approximate surface area is 146 Å². The Bertz CT molecular complexity index is 821. The topological polar surface area (TPSA) is 96.2 Å². The fraction of sp³-hybridized carbons (Fsp3) is 0.389. The van der Waals surface area contributed by atoms with Crippen LogP contribution in [0, 0.1) is 6.92 Å². The molecule has 0 bridgehead atoms. The molecule has 1 saturated heterocycles. The van der Waals surface area contributed by atoms with E-state index in [-0.39, 0.29) is 11.9 Å². The number of hydrogen-bond acceptors (Lipinski definition) is 6. The largest absolute Gasteiger partial charge is 0.346 e. The molecule has 2 aliphatic heterocycles. The molecular weight excluding hydrogens is 316 g/mol. The molecule has 1 aromatic heterocycles. The fourth-order valence-corrected chi connectivity index (χ4v) is 3.40. The van der Waals surface area contributed by atoms with E-state index in [9.17, 15) is 4.79 Å². The van der Waals surface area contributed by atoms with Gasteiger partial charge in [-0.25, -0.2) is 4.98 Å². The Balaban J connectivity index is 1.72. The lowest BCUT2D eigenvalue weighted by Gasteiger charge is -2.31. The Hall–Kier alpha value is -2.67. The van der Waals surface area contributed by atoms with Gasteiger partial charge in [0.25, 0.3) is 5.91 Å². The summed E-state index contributed by atoms with van der Waals surface area (Å²) in [6.45, 7) is 4.09. The van der Waals surface area contributed by atoms with Gasteiger partial charge in [-0.2, -0.15) is 4.98 Å². The summed E-state index contributed by atoms with van der Waals surface area (Å²) in [6.07, 6.45) is 2.05. The minimum absolute atomic E-state index is 0.132. The predicted octanol–water partition coefficient (Wildman–Crippen LogP) is 1.70. The quantitative estimate of drug-likeness (QED) is 0.788. The van der Waals surface area contributed by atoms with Crippen LogP contribution < -0.4 is 21.3 Å². The maximum absolute atomic E-state index is 12.2. The second-order valence-electron chi connectivity index (χ2n) is 6.72. The molecule has 0 aliphatic carbocycles. The fourth-order valence-electron chi connectivity index (χ4n) is 3.40. The number of nitrogens with one attached hydrogen (secondary N) is 2. The number of nitrogens with two attached hydrogens (primary N) is 1. The van der Waals surface area contributed by atoms with Gasteiger partial charge in [0.2, 0.25) is 5.95 Å². The van der Waals surface area contributed by atoms with Gasteiger partial charge in [-0.15, -0.1) is 0 Å². The molecule has 0 saturated carbocycles. The van der Waals surface area contributed by atoms with Gasteiger partial charge < -0.3 is 21.3 Å². The molecule has 3 heterocycles. The number of nitrogens with zero attached hydrogens (tertiary/aromatic N) is 3. The number of amides is 1. The number of piperidine rings is 1. The summed E-state index contributed by atoms with van der Waals surface area (Å²) in [5.41, 5.74) is 9.42. The average Bonchev–Trinajstić information content (AvgIpc) is 2.96. The number of benzene rings is 1. The first kappa shape index (κ1) is 15.8. The standard InChI is InChI=1S/C18H22N6O/c1-11-4-2-6-13(8-11)21-16-15-14(9-20-17(15)25)22-18(23-16)24-7-3-5-12(19)10-24/h2,4,6,8,12H,3,5,7,9-10,19H2,1H3,(H,20,25)(H,21,22,23)/t12-/m0/s1. The molecule has 130 valence electrons. The monoisotopic (exact) mass is 338 g/mol. The minimum atomic E-state index is -0.132. The van der Waals surface area contributed by atoms with Crippen molar-refractivity contribution < 1.29 is 4.79 Å². The van der Waals surface area contributed by atoms with Crippen molar-refractivity contribution in [2.45, 2.75) is 32.4 Å². The molecule has 4 N–H and O–H groups in total. The van der Waals surface area contributed by atoms with Crippen molar-refractivity contribution in [1.29, 1.82) is 0 Å². The van der Waals surface area contributed by atoms with Crippen molar-refractivity contribution >= 4 is 23.4 Å². The van der Waals surface area contributed by atoms with Crippen LogP contribution in [-0.2, 0) is 6.54 Å². The highest BCUT2D eigenvalue weighted by atomic mass is 16.2. The van der Waals surface area contributed by atoms with E-state index in [1.807, 2.05) is 31.2 Å². The zero-order chi connectivity index (χ0) is 17.4. The van der Waals surface area contributed by atoms with Gasteiger partial charge in [0, 0.05) is 24.8 Å². The highest BCUT2D eigenvalue weighted by Crippen LogP contribution is 2.28. The number of rotatable bonds is 3. The molecule has 1 aromatic carbocycles. The smallest absolute Gasteiger partial charge is 0.257 e. The van der Waals surface area contributed by atoms with E-state index in [2.05, 4.69) is 25.5 Å². The Kier molecular flexibility index (Phi) is 4.01. The van der Waals surface area contributed by atoms with E-state index in [0.717, 1.165) is 42.9 Å². The summed E-state index contributed by atoms with van der Waals surface area (Å²) < 4.78 is 0. The summed E-state index contributed by atoms with van der Waals surface area (Å²) in [5, 5.41) is 6.13. The number of carbonyl (C=O) groups excluding carboxylic acids is 1. The maximum Gasteiger partial charge on any atom is 0.257 e. The first-order valence-electron chi connectivity index (χ1n) is 8.63. The normalized spacial score (nSPS) is 19.5. The molecule has 7 nitrogen and oxygen atoms in total. The lowest BCUT2D eigenvalue weighted by atomic mass is 10.1. The molecule has 0 spiro atoms. The summed E-state index contributed by atoms with van der Waals surface area (Å²) in [7, 11) is 0. The molecule has 25 heavy (non-hydrogen) atoms. The summed E-state index contributed by atoms with van der Waals surface area (Å²) in [6, 6.07) is 8.13. The maximum atomic E-state index is 12.2.